The maximum Gasteiger partial charge on any atom is 0.227 e. The van der Waals surface area contributed by atoms with Gasteiger partial charge in [-0.05, 0) is 49.7 Å². The van der Waals surface area contributed by atoms with Gasteiger partial charge in [-0.3, -0.25) is 9.59 Å². The Morgan fingerprint density at radius 2 is 1.96 bits per heavy atom. The number of nitrogens with one attached hydrogen (secondary N) is 1. The molecule has 1 aliphatic rings. The van der Waals surface area contributed by atoms with E-state index in [-0.39, 0.29) is 24.7 Å². The molecule has 2 aromatic rings. The number of nitrogens with zero attached hydrogens (tertiary/aromatic N) is 2. The second-order valence-corrected chi connectivity index (χ2v) is 7.70. The van der Waals surface area contributed by atoms with Gasteiger partial charge in [0.15, 0.2) is 0 Å². The number of carbonyl (C=O) groups excluding carboxylic acids is 2. The zero-order valence-electron chi connectivity index (χ0n) is 14.7. The molecule has 136 valence electrons. The third kappa shape index (κ3) is 4.37. The lowest BCUT2D eigenvalue weighted by Crippen LogP contribution is -2.36. The molecular weight excluding hydrogens is 370 g/mol. The van der Waals surface area contributed by atoms with E-state index in [4.69, 9.17) is 11.6 Å². The highest BCUT2D eigenvalue weighted by molar-refractivity contribution is 7.99. The van der Waals surface area contributed by atoms with Crippen molar-refractivity contribution in [3.05, 3.63) is 46.6 Å². The summed E-state index contributed by atoms with van der Waals surface area (Å²) in [5.41, 5.74) is 3.54. The fourth-order valence-electron chi connectivity index (χ4n) is 2.93. The minimum atomic E-state index is -0.189. The lowest BCUT2D eigenvalue weighted by atomic mass is 10.1. The minimum Gasteiger partial charge on any atom is -0.326 e. The van der Waals surface area contributed by atoms with E-state index in [9.17, 15) is 9.59 Å². The van der Waals surface area contributed by atoms with Crippen LogP contribution in [-0.2, 0) is 9.59 Å². The summed E-state index contributed by atoms with van der Waals surface area (Å²) >= 11 is 7.50. The average Bonchev–Trinajstić information content (AvgIpc) is 2.61. The number of rotatable bonds is 4. The first-order valence-corrected chi connectivity index (χ1v) is 9.77. The number of carbonyl (C=O) groups is 2. The van der Waals surface area contributed by atoms with Gasteiger partial charge in [0.2, 0.25) is 11.8 Å². The van der Waals surface area contributed by atoms with Crippen molar-refractivity contribution in [3.8, 4) is 0 Å². The van der Waals surface area contributed by atoms with Crippen LogP contribution in [0.15, 0.2) is 35.4 Å². The molecule has 0 atom stereocenters. The third-order valence-corrected chi connectivity index (χ3v) is 5.29. The highest BCUT2D eigenvalue weighted by Gasteiger charge is 2.26. The maximum atomic E-state index is 12.7. The second-order valence-electron chi connectivity index (χ2n) is 6.18. The lowest BCUT2D eigenvalue weighted by molar-refractivity contribution is -0.122. The molecule has 0 saturated carbocycles. The lowest BCUT2D eigenvalue weighted by Gasteiger charge is -2.30. The standard InChI is InChI=1S/C19H20ClN3O2S/c1-12-11-13(2)21-19-18(12)23(9-10-26-19)17(25)8-7-16(24)22-15-5-3-14(20)4-6-15/h3-6,11H,7-10H2,1-2H3,(H,22,24). The molecular formula is C19H20ClN3O2S. The van der Waals surface area contributed by atoms with Crippen LogP contribution in [0.3, 0.4) is 0 Å². The van der Waals surface area contributed by atoms with Gasteiger partial charge in [-0.2, -0.15) is 0 Å². The number of halogens is 1. The van der Waals surface area contributed by atoms with E-state index in [1.807, 2.05) is 19.9 Å². The first kappa shape index (κ1) is 18.7. The van der Waals surface area contributed by atoms with E-state index in [0.717, 1.165) is 27.7 Å². The molecule has 1 aromatic heterocycles. The van der Waals surface area contributed by atoms with Crippen LogP contribution >= 0.6 is 23.4 Å². The number of amides is 2. The normalized spacial score (nSPS) is 13.3. The van der Waals surface area contributed by atoms with Gasteiger partial charge < -0.3 is 10.2 Å². The molecule has 0 fully saturated rings. The number of hydrogen-bond acceptors (Lipinski definition) is 4. The third-order valence-electron chi connectivity index (χ3n) is 4.10. The predicted octanol–water partition coefficient (Wildman–Crippen LogP) is 4.21. The Morgan fingerprint density at radius 3 is 2.69 bits per heavy atom. The molecule has 1 N–H and O–H groups in total. The van der Waals surface area contributed by atoms with Gasteiger partial charge in [0.1, 0.15) is 5.03 Å². The average molecular weight is 390 g/mol. The highest BCUT2D eigenvalue weighted by atomic mass is 35.5. The van der Waals surface area contributed by atoms with Gasteiger partial charge in [0.05, 0.1) is 5.69 Å². The number of aromatic nitrogens is 1. The summed E-state index contributed by atoms with van der Waals surface area (Å²) in [6, 6.07) is 8.87. The van der Waals surface area contributed by atoms with E-state index in [2.05, 4.69) is 10.3 Å². The molecule has 26 heavy (non-hydrogen) atoms. The fourth-order valence-corrected chi connectivity index (χ4v) is 4.14. The number of anilines is 2. The van der Waals surface area contributed by atoms with Gasteiger partial charge >= 0.3 is 0 Å². The molecule has 1 aromatic carbocycles. The number of pyridine rings is 1. The summed E-state index contributed by atoms with van der Waals surface area (Å²) in [7, 11) is 0. The second kappa shape index (κ2) is 8.10. The number of benzene rings is 1. The molecule has 0 radical (unpaired) electrons. The van der Waals surface area contributed by atoms with Crippen molar-refractivity contribution < 1.29 is 9.59 Å². The van der Waals surface area contributed by atoms with Crippen molar-refractivity contribution in [1.29, 1.82) is 0 Å². The Balaban J connectivity index is 1.62. The van der Waals surface area contributed by atoms with Crippen LogP contribution in [0.25, 0.3) is 0 Å². The molecule has 1 aliphatic heterocycles. The fraction of sp³-hybridized carbons (Fsp3) is 0.316. The van der Waals surface area contributed by atoms with Crippen LogP contribution in [-0.4, -0.2) is 29.1 Å². The van der Waals surface area contributed by atoms with E-state index < -0.39 is 0 Å². The van der Waals surface area contributed by atoms with Crippen LogP contribution in [0.4, 0.5) is 11.4 Å². The zero-order valence-corrected chi connectivity index (χ0v) is 16.3. The number of fused-ring (bicyclic) bond motifs is 1. The molecule has 2 heterocycles. The van der Waals surface area contributed by atoms with Crippen LogP contribution in [0.2, 0.25) is 5.02 Å². The van der Waals surface area contributed by atoms with Crippen molar-refractivity contribution in [3.63, 3.8) is 0 Å². The van der Waals surface area contributed by atoms with Crippen LogP contribution < -0.4 is 10.2 Å². The van der Waals surface area contributed by atoms with Gasteiger partial charge in [0, 0.05) is 41.5 Å². The van der Waals surface area contributed by atoms with Crippen LogP contribution in [0.5, 0.6) is 0 Å². The summed E-state index contributed by atoms with van der Waals surface area (Å²) in [5.74, 6) is 0.573. The van der Waals surface area contributed by atoms with E-state index in [1.54, 1.807) is 40.9 Å². The molecule has 5 nitrogen and oxygen atoms in total. The molecule has 0 bridgehead atoms. The van der Waals surface area contributed by atoms with E-state index in [1.165, 1.54) is 0 Å². The number of aryl methyl sites for hydroxylation is 2. The SMILES string of the molecule is Cc1cc(C)c2c(n1)SCCN2C(=O)CCC(=O)Nc1ccc(Cl)cc1. The summed E-state index contributed by atoms with van der Waals surface area (Å²) in [4.78, 5) is 31.1. The topological polar surface area (TPSA) is 62.3 Å². The Hall–Kier alpha value is -2.05. The van der Waals surface area contributed by atoms with Gasteiger partial charge in [-0.25, -0.2) is 4.98 Å². The summed E-state index contributed by atoms with van der Waals surface area (Å²) in [6.45, 7) is 4.59. The molecule has 7 heteroatoms. The predicted molar refractivity (Wildman–Crippen MR) is 106 cm³/mol. The summed E-state index contributed by atoms with van der Waals surface area (Å²) < 4.78 is 0. The monoisotopic (exact) mass is 389 g/mol. The largest absolute Gasteiger partial charge is 0.326 e. The summed E-state index contributed by atoms with van der Waals surface area (Å²) in [5, 5.41) is 4.29. The highest BCUT2D eigenvalue weighted by Crippen LogP contribution is 2.36. The maximum absolute atomic E-state index is 12.7. The Morgan fingerprint density at radius 1 is 1.23 bits per heavy atom. The van der Waals surface area contributed by atoms with Crippen LogP contribution in [0.1, 0.15) is 24.1 Å². The van der Waals surface area contributed by atoms with Crippen molar-refractivity contribution in [2.45, 2.75) is 31.7 Å². The van der Waals surface area contributed by atoms with Crippen molar-refractivity contribution in [2.75, 3.05) is 22.5 Å². The minimum absolute atomic E-state index is 0.0495. The molecule has 0 aliphatic carbocycles. The Kier molecular flexibility index (Phi) is 5.84. The quantitative estimate of drug-likeness (QED) is 0.850. The van der Waals surface area contributed by atoms with Crippen molar-refractivity contribution >= 4 is 46.6 Å². The molecule has 0 saturated heterocycles. The summed E-state index contributed by atoms with van der Waals surface area (Å²) in [6.07, 6.45) is 0.301. The zero-order chi connectivity index (χ0) is 18.7. The smallest absolute Gasteiger partial charge is 0.227 e. The van der Waals surface area contributed by atoms with E-state index in [0.29, 0.717) is 17.3 Å². The van der Waals surface area contributed by atoms with Gasteiger partial charge in [-0.1, -0.05) is 11.6 Å². The molecule has 2 amide bonds. The van der Waals surface area contributed by atoms with Crippen LogP contribution in [0, 0.1) is 13.8 Å². The first-order valence-electron chi connectivity index (χ1n) is 8.41. The number of thioether (sulfide) groups is 1. The Bertz CT molecular complexity index is 839. The first-order chi connectivity index (χ1) is 12.4. The van der Waals surface area contributed by atoms with E-state index >= 15 is 0 Å². The van der Waals surface area contributed by atoms with Gasteiger partial charge in [-0.15, -0.1) is 11.8 Å². The van der Waals surface area contributed by atoms with Crippen molar-refractivity contribution in [1.82, 2.24) is 4.98 Å². The molecule has 0 unspecified atom stereocenters. The number of hydrogen-bond donors (Lipinski definition) is 1. The van der Waals surface area contributed by atoms with Gasteiger partial charge in [0.25, 0.3) is 0 Å². The Labute approximate surface area is 162 Å². The molecule has 3 rings (SSSR count). The van der Waals surface area contributed by atoms with Crippen molar-refractivity contribution in [2.24, 2.45) is 0 Å². The molecule has 0 spiro atoms.